The SMILES string of the molecule is COc1ccc(S(=O)(=O)OCCNS(=O)(=O)C(F)(F)F)cc1. The number of ether oxygens (including phenoxy) is 1. The lowest BCUT2D eigenvalue weighted by molar-refractivity contribution is -0.0448. The van der Waals surface area contributed by atoms with Crippen molar-refractivity contribution in [3.05, 3.63) is 24.3 Å². The molecule has 0 bridgehead atoms. The summed E-state index contributed by atoms with van der Waals surface area (Å²) in [5, 5.41) is 0. The smallest absolute Gasteiger partial charge is 0.497 e. The van der Waals surface area contributed by atoms with E-state index in [9.17, 15) is 30.0 Å². The zero-order valence-corrected chi connectivity index (χ0v) is 12.8. The molecule has 0 amide bonds. The highest BCUT2D eigenvalue weighted by molar-refractivity contribution is 7.90. The summed E-state index contributed by atoms with van der Waals surface area (Å²) in [6, 6.07) is 5.05. The molecule has 7 nitrogen and oxygen atoms in total. The Morgan fingerprint density at radius 2 is 1.64 bits per heavy atom. The molecular weight excluding hydrogens is 351 g/mol. The summed E-state index contributed by atoms with van der Waals surface area (Å²) in [6.45, 7) is -1.64. The van der Waals surface area contributed by atoms with E-state index in [0.717, 1.165) is 0 Å². The van der Waals surface area contributed by atoms with Gasteiger partial charge in [0.1, 0.15) is 5.75 Å². The molecule has 12 heteroatoms. The number of alkyl halides is 3. The van der Waals surface area contributed by atoms with Crippen LogP contribution >= 0.6 is 0 Å². The summed E-state index contributed by atoms with van der Waals surface area (Å²) in [7, 11) is -8.36. The fraction of sp³-hybridized carbons (Fsp3) is 0.400. The second kappa shape index (κ2) is 6.81. The Morgan fingerprint density at radius 3 is 2.09 bits per heavy atom. The molecule has 1 rings (SSSR count). The number of sulfonamides is 1. The molecule has 0 aliphatic heterocycles. The number of rotatable bonds is 7. The van der Waals surface area contributed by atoms with Gasteiger partial charge in [-0.1, -0.05) is 0 Å². The Morgan fingerprint density at radius 1 is 1.09 bits per heavy atom. The lowest BCUT2D eigenvalue weighted by Crippen LogP contribution is -2.38. The molecule has 0 radical (unpaired) electrons. The zero-order chi connectivity index (χ0) is 17.0. The largest absolute Gasteiger partial charge is 0.511 e. The van der Waals surface area contributed by atoms with Crippen LogP contribution in [0.4, 0.5) is 13.2 Å². The molecule has 0 saturated heterocycles. The lowest BCUT2D eigenvalue weighted by atomic mass is 10.3. The Kier molecular flexibility index (Phi) is 5.78. The van der Waals surface area contributed by atoms with Gasteiger partial charge in [0, 0.05) is 6.54 Å². The van der Waals surface area contributed by atoms with E-state index in [1.807, 2.05) is 0 Å². The van der Waals surface area contributed by atoms with Crippen molar-refractivity contribution in [1.29, 1.82) is 0 Å². The number of nitrogens with one attached hydrogen (secondary N) is 1. The van der Waals surface area contributed by atoms with Gasteiger partial charge < -0.3 is 4.74 Å². The highest BCUT2D eigenvalue weighted by atomic mass is 32.2. The van der Waals surface area contributed by atoms with Gasteiger partial charge in [-0.3, -0.25) is 4.18 Å². The van der Waals surface area contributed by atoms with E-state index in [1.54, 1.807) is 0 Å². The van der Waals surface area contributed by atoms with Crippen LogP contribution in [0.3, 0.4) is 0 Å². The highest BCUT2D eigenvalue weighted by Gasteiger charge is 2.45. The summed E-state index contributed by atoms with van der Waals surface area (Å²) in [4.78, 5) is -0.244. The first kappa shape index (κ1) is 18.7. The van der Waals surface area contributed by atoms with E-state index in [1.165, 1.54) is 36.1 Å². The highest BCUT2D eigenvalue weighted by Crippen LogP contribution is 2.21. The minimum absolute atomic E-state index is 0.244. The van der Waals surface area contributed by atoms with E-state index in [4.69, 9.17) is 4.74 Å². The predicted octanol–water partition coefficient (Wildman–Crippen LogP) is 0.840. The van der Waals surface area contributed by atoms with Crippen LogP contribution in [-0.4, -0.2) is 42.6 Å². The number of hydrogen-bond acceptors (Lipinski definition) is 6. The molecule has 0 aromatic heterocycles. The Labute approximate surface area is 125 Å². The van der Waals surface area contributed by atoms with Gasteiger partial charge >= 0.3 is 15.5 Å². The molecule has 0 spiro atoms. The van der Waals surface area contributed by atoms with Crippen LogP contribution in [-0.2, 0) is 24.3 Å². The monoisotopic (exact) mass is 363 g/mol. The Balaban J connectivity index is 2.60. The molecule has 22 heavy (non-hydrogen) atoms. The van der Waals surface area contributed by atoms with Crippen molar-refractivity contribution in [2.24, 2.45) is 0 Å². The quantitative estimate of drug-likeness (QED) is 0.569. The molecular formula is C10H12F3NO6S2. The number of benzene rings is 1. The van der Waals surface area contributed by atoms with E-state index >= 15 is 0 Å². The third kappa shape index (κ3) is 4.83. The maximum Gasteiger partial charge on any atom is 0.511 e. The number of methoxy groups -OCH3 is 1. The minimum atomic E-state index is -5.53. The van der Waals surface area contributed by atoms with Crippen molar-refractivity contribution in [1.82, 2.24) is 4.72 Å². The molecule has 0 aliphatic rings. The minimum Gasteiger partial charge on any atom is -0.497 e. The summed E-state index contributed by atoms with van der Waals surface area (Å²) < 4.78 is 91.2. The topological polar surface area (TPSA) is 98.8 Å². The van der Waals surface area contributed by atoms with Crippen molar-refractivity contribution >= 4 is 20.1 Å². The molecule has 0 saturated carbocycles. The molecule has 1 aromatic rings. The molecule has 0 atom stereocenters. The maximum atomic E-state index is 12.0. The van der Waals surface area contributed by atoms with Crippen molar-refractivity contribution in [2.75, 3.05) is 20.3 Å². The van der Waals surface area contributed by atoms with E-state index in [0.29, 0.717) is 5.75 Å². The predicted molar refractivity (Wildman–Crippen MR) is 69.1 cm³/mol. The Bertz CT molecular complexity index is 697. The van der Waals surface area contributed by atoms with E-state index < -0.39 is 38.8 Å². The fourth-order valence-electron chi connectivity index (χ4n) is 1.22. The molecule has 126 valence electrons. The summed E-state index contributed by atoms with van der Waals surface area (Å²) in [5.74, 6) is 0.400. The first-order valence-electron chi connectivity index (χ1n) is 5.59. The Hall–Kier alpha value is -1.37. The third-order valence-corrected chi connectivity index (χ3v) is 4.81. The van der Waals surface area contributed by atoms with Crippen LogP contribution in [0.15, 0.2) is 29.2 Å². The first-order valence-corrected chi connectivity index (χ1v) is 8.48. The average Bonchev–Trinajstić information content (AvgIpc) is 2.42. The molecule has 0 heterocycles. The van der Waals surface area contributed by atoms with Crippen molar-refractivity contribution in [3.8, 4) is 5.75 Å². The van der Waals surface area contributed by atoms with Gasteiger partial charge in [0.2, 0.25) is 0 Å². The second-order valence-electron chi connectivity index (χ2n) is 3.80. The van der Waals surface area contributed by atoms with E-state index in [2.05, 4.69) is 4.18 Å². The van der Waals surface area contributed by atoms with Crippen LogP contribution in [0.5, 0.6) is 5.75 Å². The molecule has 1 aromatic carbocycles. The van der Waals surface area contributed by atoms with Crippen LogP contribution in [0, 0.1) is 0 Å². The van der Waals surface area contributed by atoms with Gasteiger partial charge in [0.05, 0.1) is 18.6 Å². The zero-order valence-electron chi connectivity index (χ0n) is 11.1. The van der Waals surface area contributed by atoms with Gasteiger partial charge in [0.15, 0.2) is 0 Å². The molecule has 0 aliphatic carbocycles. The van der Waals surface area contributed by atoms with Crippen molar-refractivity contribution < 1.29 is 38.9 Å². The van der Waals surface area contributed by atoms with E-state index in [-0.39, 0.29) is 4.90 Å². The van der Waals surface area contributed by atoms with Crippen molar-refractivity contribution in [2.45, 2.75) is 10.4 Å². The van der Waals surface area contributed by atoms with Gasteiger partial charge in [-0.15, -0.1) is 0 Å². The molecule has 0 fully saturated rings. The van der Waals surface area contributed by atoms with Crippen LogP contribution in [0.25, 0.3) is 0 Å². The first-order chi connectivity index (χ1) is 9.99. The number of hydrogen-bond donors (Lipinski definition) is 1. The van der Waals surface area contributed by atoms with Crippen LogP contribution in [0.2, 0.25) is 0 Å². The standard InChI is InChI=1S/C10H12F3NO6S2/c1-19-8-2-4-9(5-3-8)21(15,16)20-7-6-14-22(17,18)10(11,12)13/h2-5,14H,6-7H2,1H3. The van der Waals surface area contributed by atoms with Gasteiger partial charge in [0.25, 0.3) is 10.1 Å². The van der Waals surface area contributed by atoms with Crippen molar-refractivity contribution in [3.63, 3.8) is 0 Å². The summed E-state index contributed by atoms with van der Waals surface area (Å²) >= 11 is 0. The summed E-state index contributed by atoms with van der Waals surface area (Å²) in [6.07, 6.45) is 0. The van der Waals surface area contributed by atoms with Gasteiger partial charge in [-0.2, -0.15) is 21.6 Å². The van der Waals surface area contributed by atoms with Gasteiger partial charge in [-0.25, -0.2) is 13.1 Å². The maximum absolute atomic E-state index is 12.0. The second-order valence-corrected chi connectivity index (χ2v) is 7.17. The van der Waals surface area contributed by atoms with Gasteiger partial charge in [-0.05, 0) is 24.3 Å². The number of halogens is 3. The lowest BCUT2D eigenvalue weighted by Gasteiger charge is -2.10. The fourth-order valence-corrected chi connectivity index (χ4v) is 2.64. The average molecular weight is 363 g/mol. The normalized spacial score (nSPS) is 13.1. The third-order valence-electron chi connectivity index (χ3n) is 2.29. The summed E-state index contributed by atoms with van der Waals surface area (Å²) in [5.41, 5.74) is -5.47. The van der Waals surface area contributed by atoms with Crippen LogP contribution < -0.4 is 9.46 Å². The van der Waals surface area contributed by atoms with Crippen LogP contribution in [0.1, 0.15) is 0 Å². The molecule has 1 N–H and O–H groups in total. The molecule has 0 unspecified atom stereocenters.